The molecule has 2 N–H and O–H groups in total. The third-order valence-electron chi connectivity index (χ3n) is 2.27. The Morgan fingerprint density at radius 3 is 2.62 bits per heavy atom. The Hall–Kier alpha value is -2.30. The van der Waals surface area contributed by atoms with Crippen LogP contribution in [0.3, 0.4) is 0 Å². The number of carbonyl (C=O) groups is 1. The number of benzene rings is 1. The predicted octanol–water partition coefficient (Wildman–Crippen LogP) is 1.51. The van der Waals surface area contributed by atoms with E-state index in [1.165, 1.54) is 12.1 Å². The average Bonchev–Trinajstić information content (AvgIpc) is 2.18. The summed E-state index contributed by atoms with van der Waals surface area (Å²) in [4.78, 5) is 22.1. The van der Waals surface area contributed by atoms with Crippen LogP contribution in [-0.4, -0.2) is 16.2 Å². The lowest BCUT2D eigenvalue weighted by Crippen LogP contribution is -2.03. The Labute approximate surface area is 89.6 Å². The molecule has 0 unspecified atom stereocenters. The van der Waals surface area contributed by atoms with Gasteiger partial charge in [-0.05, 0) is 24.6 Å². The third-order valence-corrected chi connectivity index (χ3v) is 2.27. The van der Waals surface area contributed by atoms with Crippen molar-refractivity contribution >= 4 is 16.9 Å². The topological polar surface area (TPSA) is 87.7 Å². The van der Waals surface area contributed by atoms with Gasteiger partial charge in [0.25, 0.3) is 0 Å². The van der Waals surface area contributed by atoms with Gasteiger partial charge in [-0.3, -0.25) is 0 Å². The molecule has 5 nitrogen and oxygen atoms in total. The first-order valence-electron chi connectivity index (χ1n) is 4.50. The SMILES string of the molecule is Cc1cc(=O)oc2c(C(=O)O)cc(O)cc12. The molecule has 0 fully saturated rings. The number of hydrogen-bond acceptors (Lipinski definition) is 4. The molecule has 0 radical (unpaired) electrons. The smallest absolute Gasteiger partial charge is 0.339 e. The minimum atomic E-state index is -1.25. The Bertz CT molecular complexity index is 639. The molecule has 0 atom stereocenters. The van der Waals surface area contributed by atoms with Gasteiger partial charge in [-0.1, -0.05) is 0 Å². The van der Waals surface area contributed by atoms with E-state index < -0.39 is 11.6 Å². The highest BCUT2D eigenvalue weighted by Gasteiger charge is 2.14. The molecule has 0 bridgehead atoms. The number of hydrogen-bond donors (Lipinski definition) is 2. The van der Waals surface area contributed by atoms with Gasteiger partial charge < -0.3 is 14.6 Å². The highest BCUT2D eigenvalue weighted by molar-refractivity contribution is 6.02. The molecular weight excluding hydrogens is 212 g/mol. The number of carboxylic acid groups (broad SMARTS) is 1. The van der Waals surface area contributed by atoms with Gasteiger partial charge in [0.15, 0.2) is 5.58 Å². The number of phenols is 1. The molecule has 5 heteroatoms. The van der Waals surface area contributed by atoms with Crippen molar-refractivity contribution in [1.29, 1.82) is 0 Å². The molecule has 0 saturated carbocycles. The summed E-state index contributed by atoms with van der Waals surface area (Å²) in [5.74, 6) is -1.43. The second-order valence-corrected chi connectivity index (χ2v) is 3.42. The van der Waals surface area contributed by atoms with E-state index in [0.717, 1.165) is 6.07 Å². The minimum absolute atomic E-state index is 0.0182. The molecule has 0 aliphatic rings. The molecule has 2 rings (SSSR count). The molecule has 1 aromatic heterocycles. The zero-order valence-electron chi connectivity index (χ0n) is 8.35. The second-order valence-electron chi connectivity index (χ2n) is 3.42. The third kappa shape index (κ3) is 1.52. The fraction of sp³-hybridized carbons (Fsp3) is 0.0909. The number of phenolic OH excluding ortho intramolecular Hbond substituents is 1. The summed E-state index contributed by atoms with van der Waals surface area (Å²) in [6, 6.07) is 3.65. The molecule has 0 spiro atoms. The number of aryl methyl sites for hydroxylation is 1. The number of rotatable bonds is 1. The fourth-order valence-electron chi connectivity index (χ4n) is 1.56. The van der Waals surface area contributed by atoms with Crippen molar-refractivity contribution in [3.05, 3.63) is 39.7 Å². The summed E-state index contributed by atoms with van der Waals surface area (Å²) >= 11 is 0. The maximum absolute atomic E-state index is 11.1. The molecule has 1 aromatic carbocycles. The van der Waals surface area contributed by atoms with Crippen LogP contribution in [0.25, 0.3) is 11.0 Å². The Morgan fingerprint density at radius 2 is 2.00 bits per heavy atom. The van der Waals surface area contributed by atoms with Crippen LogP contribution in [0.4, 0.5) is 0 Å². The van der Waals surface area contributed by atoms with Crippen LogP contribution < -0.4 is 5.63 Å². The lowest BCUT2D eigenvalue weighted by molar-refractivity contribution is 0.0697. The van der Waals surface area contributed by atoms with Gasteiger partial charge in [0.2, 0.25) is 0 Å². The number of carboxylic acids is 1. The highest BCUT2D eigenvalue weighted by atomic mass is 16.4. The van der Waals surface area contributed by atoms with Crippen LogP contribution in [0.2, 0.25) is 0 Å². The normalized spacial score (nSPS) is 10.6. The zero-order valence-corrected chi connectivity index (χ0v) is 8.35. The van der Waals surface area contributed by atoms with Crippen LogP contribution >= 0.6 is 0 Å². The van der Waals surface area contributed by atoms with Crippen LogP contribution in [0, 0.1) is 6.92 Å². The standard InChI is InChI=1S/C11H8O5/c1-5-2-9(13)16-10-7(5)3-6(12)4-8(10)11(14)15/h2-4,12H,1H3,(H,14,15). The zero-order chi connectivity index (χ0) is 11.9. The average molecular weight is 220 g/mol. The van der Waals surface area contributed by atoms with Crippen LogP contribution in [0.5, 0.6) is 5.75 Å². The second kappa shape index (κ2) is 3.37. The van der Waals surface area contributed by atoms with Gasteiger partial charge in [-0.15, -0.1) is 0 Å². The van der Waals surface area contributed by atoms with E-state index in [1.54, 1.807) is 6.92 Å². The monoisotopic (exact) mass is 220 g/mol. The fourth-order valence-corrected chi connectivity index (χ4v) is 1.56. The van der Waals surface area contributed by atoms with E-state index in [0.29, 0.717) is 10.9 Å². The molecule has 0 aliphatic heterocycles. The van der Waals surface area contributed by atoms with E-state index in [1.807, 2.05) is 0 Å². The summed E-state index contributed by atoms with van der Waals surface area (Å²) in [7, 11) is 0. The Kier molecular flexibility index (Phi) is 2.16. The van der Waals surface area contributed by atoms with Crippen molar-refractivity contribution in [3.63, 3.8) is 0 Å². The first kappa shape index (κ1) is 10.2. The largest absolute Gasteiger partial charge is 0.508 e. The number of aromatic carboxylic acids is 1. The maximum Gasteiger partial charge on any atom is 0.339 e. The summed E-state index contributed by atoms with van der Waals surface area (Å²) in [5.41, 5.74) is -0.297. The van der Waals surface area contributed by atoms with Crippen LogP contribution in [0.1, 0.15) is 15.9 Å². The number of aromatic hydroxyl groups is 1. The predicted molar refractivity (Wildman–Crippen MR) is 55.8 cm³/mol. The van der Waals surface area contributed by atoms with Gasteiger partial charge in [-0.25, -0.2) is 9.59 Å². The molecule has 0 aliphatic carbocycles. The van der Waals surface area contributed by atoms with Crippen molar-refractivity contribution in [2.45, 2.75) is 6.92 Å². The first-order chi connectivity index (χ1) is 7.49. The van der Waals surface area contributed by atoms with Gasteiger partial charge in [0, 0.05) is 11.5 Å². The van der Waals surface area contributed by atoms with E-state index in [4.69, 9.17) is 9.52 Å². The molecule has 16 heavy (non-hydrogen) atoms. The van der Waals surface area contributed by atoms with E-state index >= 15 is 0 Å². The minimum Gasteiger partial charge on any atom is -0.508 e. The van der Waals surface area contributed by atoms with Crippen LogP contribution in [0.15, 0.2) is 27.4 Å². The Morgan fingerprint density at radius 1 is 1.31 bits per heavy atom. The lowest BCUT2D eigenvalue weighted by atomic mass is 10.1. The lowest BCUT2D eigenvalue weighted by Gasteiger charge is -2.04. The van der Waals surface area contributed by atoms with Gasteiger partial charge in [0.1, 0.15) is 11.3 Å². The van der Waals surface area contributed by atoms with E-state index in [-0.39, 0.29) is 16.9 Å². The van der Waals surface area contributed by atoms with Gasteiger partial charge in [0.05, 0.1) is 0 Å². The highest BCUT2D eigenvalue weighted by Crippen LogP contribution is 2.25. The number of fused-ring (bicyclic) bond motifs is 1. The van der Waals surface area contributed by atoms with Crippen molar-refractivity contribution in [1.82, 2.24) is 0 Å². The van der Waals surface area contributed by atoms with Crippen molar-refractivity contribution < 1.29 is 19.4 Å². The van der Waals surface area contributed by atoms with Crippen LogP contribution in [-0.2, 0) is 0 Å². The summed E-state index contributed by atoms with van der Waals surface area (Å²) in [5, 5.41) is 18.7. The molecule has 1 heterocycles. The van der Waals surface area contributed by atoms with Crippen molar-refractivity contribution in [3.8, 4) is 5.75 Å². The van der Waals surface area contributed by atoms with Gasteiger partial charge in [-0.2, -0.15) is 0 Å². The Balaban J connectivity index is 3.01. The first-order valence-corrected chi connectivity index (χ1v) is 4.50. The summed E-state index contributed by atoms with van der Waals surface area (Å²) < 4.78 is 4.84. The molecule has 0 saturated heterocycles. The summed E-state index contributed by atoms with van der Waals surface area (Å²) in [6.07, 6.45) is 0. The molecule has 2 aromatic rings. The maximum atomic E-state index is 11.1. The molecule has 0 amide bonds. The van der Waals surface area contributed by atoms with Crippen molar-refractivity contribution in [2.24, 2.45) is 0 Å². The molecular formula is C11H8O5. The van der Waals surface area contributed by atoms with Gasteiger partial charge >= 0.3 is 11.6 Å². The summed E-state index contributed by atoms with van der Waals surface area (Å²) in [6.45, 7) is 1.64. The quantitative estimate of drug-likeness (QED) is 0.711. The van der Waals surface area contributed by atoms with Crippen molar-refractivity contribution in [2.75, 3.05) is 0 Å². The molecule has 82 valence electrons. The van der Waals surface area contributed by atoms with E-state index in [9.17, 15) is 14.7 Å². The van der Waals surface area contributed by atoms with E-state index in [2.05, 4.69) is 0 Å².